The van der Waals surface area contributed by atoms with Gasteiger partial charge < -0.3 is 9.64 Å². The highest BCUT2D eigenvalue weighted by Crippen LogP contribution is 2.42. The van der Waals surface area contributed by atoms with Crippen LogP contribution < -0.4 is 15.1 Å². The summed E-state index contributed by atoms with van der Waals surface area (Å²) in [6, 6.07) is 13.4. The monoisotopic (exact) mass is 365 g/mol. The van der Waals surface area contributed by atoms with Crippen molar-refractivity contribution >= 4 is 17.8 Å². The number of nitrogens with one attached hydrogen (secondary N) is 1. The van der Waals surface area contributed by atoms with Crippen molar-refractivity contribution in [2.75, 3.05) is 19.1 Å². The Balaban J connectivity index is 1.75. The summed E-state index contributed by atoms with van der Waals surface area (Å²) in [6.07, 6.45) is 2.78. The largest absolute Gasteiger partial charge is 0.496 e. The number of hydrogen-bond acceptors (Lipinski definition) is 4. The molecule has 27 heavy (non-hydrogen) atoms. The van der Waals surface area contributed by atoms with Crippen molar-refractivity contribution in [2.24, 2.45) is 5.10 Å². The summed E-state index contributed by atoms with van der Waals surface area (Å²) in [5.74, 6) is 0.706. The highest BCUT2D eigenvalue weighted by molar-refractivity contribution is 5.97. The van der Waals surface area contributed by atoms with Gasteiger partial charge in [-0.25, -0.2) is 5.43 Å². The molecule has 0 spiro atoms. The Labute approximate surface area is 161 Å². The lowest BCUT2D eigenvalue weighted by Crippen LogP contribution is -2.45. The van der Waals surface area contributed by atoms with E-state index in [1.54, 1.807) is 31.5 Å². The molecular weight excluding hydrogens is 338 g/mol. The summed E-state index contributed by atoms with van der Waals surface area (Å²) < 4.78 is 5.21. The van der Waals surface area contributed by atoms with Crippen LogP contribution in [0.25, 0.3) is 0 Å². The number of fused-ring (bicyclic) bond motifs is 1. The Hall–Kier alpha value is -2.82. The molecule has 1 atom stereocenters. The van der Waals surface area contributed by atoms with Crippen LogP contribution in [0.1, 0.15) is 54.6 Å². The Morgan fingerprint density at radius 1 is 1.30 bits per heavy atom. The second-order valence-corrected chi connectivity index (χ2v) is 7.69. The minimum atomic E-state index is -0.295. The zero-order chi connectivity index (χ0) is 19.6. The molecule has 5 nitrogen and oxygen atoms in total. The summed E-state index contributed by atoms with van der Waals surface area (Å²) in [7, 11) is 3.69. The van der Waals surface area contributed by atoms with Crippen LogP contribution in [0.4, 0.5) is 5.69 Å². The predicted octanol–water partition coefficient (Wildman–Crippen LogP) is 4.18. The highest BCUT2D eigenvalue weighted by Gasteiger charge is 2.33. The van der Waals surface area contributed by atoms with E-state index >= 15 is 0 Å². The number of hydrogen-bond donors (Lipinski definition) is 1. The van der Waals surface area contributed by atoms with E-state index in [-0.39, 0.29) is 11.4 Å². The molecule has 0 radical (unpaired) electrons. The molecule has 1 heterocycles. The Kier molecular flexibility index (Phi) is 5.22. The molecular formula is C22H27N3O2. The van der Waals surface area contributed by atoms with E-state index in [1.807, 2.05) is 12.1 Å². The average Bonchev–Trinajstić information content (AvgIpc) is 2.65. The Morgan fingerprint density at radius 3 is 2.78 bits per heavy atom. The number of carbonyl (C=O) groups is 1. The van der Waals surface area contributed by atoms with Crippen LogP contribution in [0.15, 0.2) is 47.6 Å². The van der Waals surface area contributed by atoms with Crippen LogP contribution in [0, 0.1) is 0 Å². The zero-order valence-electron chi connectivity index (χ0n) is 16.6. The molecule has 1 amide bonds. The number of hydrazone groups is 1. The van der Waals surface area contributed by atoms with Crippen molar-refractivity contribution < 1.29 is 9.53 Å². The van der Waals surface area contributed by atoms with Crippen LogP contribution in [0.2, 0.25) is 0 Å². The van der Waals surface area contributed by atoms with Crippen molar-refractivity contribution in [2.45, 2.75) is 38.6 Å². The number of nitrogens with zero attached hydrogens (tertiary/aromatic N) is 2. The fraction of sp³-hybridized carbons (Fsp3) is 0.364. The first-order chi connectivity index (χ1) is 12.8. The van der Waals surface area contributed by atoms with Gasteiger partial charge in [0.2, 0.25) is 0 Å². The smallest absolute Gasteiger partial charge is 0.275 e. The zero-order valence-corrected chi connectivity index (χ0v) is 16.6. The molecule has 1 aliphatic rings. The van der Waals surface area contributed by atoms with Gasteiger partial charge in [0.25, 0.3) is 5.91 Å². The lowest BCUT2D eigenvalue weighted by atomic mass is 9.80. The lowest BCUT2D eigenvalue weighted by Gasteiger charge is -2.45. The Bertz CT molecular complexity index is 874. The van der Waals surface area contributed by atoms with Crippen molar-refractivity contribution in [3.63, 3.8) is 0 Å². The second-order valence-electron chi connectivity index (χ2n) is 7.69. The van der Waals surface area contributed by atoms with Crippen molar-refractivity contribution in [3.05, 3.63) is 59.2 Å². The van der Waals surface area contributed by atoms with E-state index in [9.17, 15) is 4.79 Å². The molecule has 0 saturated heterocycles. The molecule has 3 rings (SSSR count). The number of methoxy groups -OCH3 is 1. The highest BCUT2D eigenvalue weighted by atomic mass is 16.5. The fourth-order valence-electron chi connectivity index (χ4n) is 3.73. The lowest BCUT2D eigenvalue weighted by molar-refractivity contribution is 0.0952. The van der Waals surface area contributed by atoms with Gasteiger partial charge in [-0.05, 0) is 61.6 Å². The van der Waals surface area contributed by atoms with E-state index in [2.05, 4.69) is 55.4 Å². The van der Waals surface area contributed by atoms with Gasteiger partial charge in [0.15, 0.2) is 0 Å². The van der Waals surface area contributed by atoms with Gasteiger partial charge in [-0.1, -0.05) is 25.1 Å². The summed E-state index contributed by atoms with van der Waals surface area (Å²) in [6.45, 7) is 6.81. The van der Waals surface area contributed by atoms with E-state index < -0.39 is 0 Å². The molecule has 0 bridgehead atoms. The number of rotatable bonds is 4. The van der Waals surface area contributed by atoms with Gasteiger partial charge in [0.05, 0.1) is 18.9 Å². The summed E-state index contributed by atoms with van der Waals surface area (Å²) in [5, 5.41) is 4.12. The van der Waals surface area contributed by atoms with Crippen LogP contribution >= 0.6 is 0 Å². The molecule has 0 aliphatic carbocycles. The Morgan fingerprint density at radius 2 is 2.04 bits per heavy atom. The number of anilines is 1. The summed E-state index contributed by atoms with van der Waals surface area (Å²) >= 11 is 0. The number of ether oxygens (including phenoxy) is 1. The van der Waals surface area contributed by atoms with E-state index in [1.165, 1.54) is 11.3 Å². The molecule has 1 N–H and O–H groups in total. The quantitative estimate of drug-likeness (QED) is 0.653. The minimum Gasteiger partial charge on any atom is -0.496 e. The van der Waals surface area contributed by atoms with Crippen LogP contribution in [-0.4, -0.2) is 31.8 Å². The minimum absolute atomic E-state index is 0.144. The summed E-state index contributed by atoms with van der Waals surface area (Å²) in [5.41, 5.74) is 6.72. The first kappa shape index (κ1) is 19.0. The van der Waals surface area contributed by atoms with Crippen LogP contribution in [0.5, 0.6) is 5.75 Å². The molecule has 2 aromatic carbocycles. The molecule has 5 heteroatoms. The number of para-hydroxylation sites is 1. The van der Waals surface area contributed by atoms with Gasteiger partial charge in [-0.15, -0.1) is 0 Å². The summed E-state index contributed by atoms with van der Waals surface area (Å²) in [4.78, 5) is 14.6. The van der Waals surface area contributed by atoms with Gasteiger partial charge in [-0.2, -0.15) is 5.10 Å². The second kappa shape index (κ2) is 7.43. The number of amides is 1. The van der Waals surface area contributed by atoms with E-state index in [0.717, 1.165) is 12.0 Å². The van der Waals surface area contributed by atoms with Gasteiger partial charge >= 0.3 is 0 Å². The third-order valence-corrected chi connectivity index (χ3v) is 5.39. The van der Waals surface area contributed by atoms with Crippen LogP contribution in [-0.2, 0) is 0 Å². The van der Waals surface area contributed by atoms with Crippen molar-refractivity contribution in [3.8, 4) is 5.75 Å². The fourth-order valence-corrected chi connectivity index (χ4v) is 3.73. The number of benzene rings is 2. The maximum atomic E-state index is 12.3. The third-order valence-electron chi connectivity index (χ3n) is 5.39. The topological polar surface area (TPSA) is 53.9 Å². The SMILES string of the molecule is COc1ccccc1C(=O)N/N=C\c1ccc2c(c1)C(C)CC(C)(C)N2C. The number of carbonyl (C=O) groups excluding carboxylic acids is 1. The van der Waals surface area contributed by atoms with Crippen molar-refractivity contribution in [1.82, 2.24) is 5.43 Å². The molecule has 0 fully saturated rings. The molecule has 0 aromatic heterocycles. The third kappa shape index (κ3) is 3.82. The molecule has 0 saturated carbocycles. The standard InChI is InChI=1S/C22H27N3O2/c1-15-13-22(2,3)25(4)19-11-10-16(12-18(15)19)14-23-24-21(26)17-8-6-7-9-20(17)27-5/h6-12,14-15H,13H2,1-5H3,(H,24,26)/b23-14-. The maximum absolute atomic E-state index is 12.3. The van der Waals surface area contributed by atoms with Crippen LogP contribution in [0.3, 0.4) is 0 Å². The predicted molar refractivity (Wildman–Crippen MR) is 110 cm³/mol. The molecule has 1 unspecified atom stereocenters. The maximum Gasteiger partial charge on any atom is 0.275 e. The van der Waals surface area contributed by atoms with Gasteiger partial charge in [-0.3, -0.25) is 4.79 Å². The molecule has 142 valence electrons. The first-order valence-corrected chi connectivity index (χ1v) is 9.17. The molecule has 1 aliphatic heterocycles. The first-order valence-electron chi connectivity index (χ1n) is 9.17. The average molecular weight is 365 g/mol. The van der Waals surface area contributed by atoms with Gasteiger partial charge in [0, 0.05) is 18.3 Å². The molecule has 2 aromatic rings. The van der Waals surface area contributed by atoms with Gasteiger partial charge in [0.1, 0.15) is 5.75 Å². The van der Waals surface area contributed by atoms with E-state index in [0.29, 0.717) is 17.2 Å². The normalized spacial score (nSPS) is 18.3. The van der Waals surface area contributed by atoms with E-state index in [4.69, 9.17) is 4.74 Å². The van der Waals surface area contributed by atoms with Crippen molar-refractivity contribution in [1.29, 1.82) is 0 Å².